The zero-order chi connectivity index (χ0) is 13.8. The average molecular weight is 286 g/mol. The quantitative estimate of drug-likeness (QED) is 0.855. The summed E-state index contributed by atoms with van der Waals surface area (Å²) >= 11 is 1.84. The monoisotopic (exact) mass is 286 g/mol. The first-order chi connectivity index (χ1) is 9.84. The van der Waals surface area contributed by atoms with Crippen LogP contribution in [0.5, 0.6) is 0 Å². The highest BCUT2D eigenvalue weighted by Gasteiger charge is 2.37. The van der Waals surface area contributed by atoms with E-state index in [1.807, 2.05) is 11.3 Å². The number of nitrogens with zero attached hydrogens (tertiary/aromatic N) is 1. The molecule has 1 aliphatic heterocycles. The van der Waals surface area contributed by atoms with E-state index in [9.17, 15) is 0 Å². The smallest absolute Gasteiger partial charge is 0.111 e. The van der Waals surface area contributed by atoms with Gasteiger partial charge in [-0.2, -0.15) is 0 Å². The van der Waals surface area contributed by atoms with Crippen molar-refractivity contribution in [3.8, 4) is 0 Å². The van der Waals surface area contributed by atoms with E-state index in [0.29, 0.717) is 0 Å². The normalized spacial score (nSPS) is 22.8. The maximum atomic E-state index is 3.82. The van der Waals surface area contributed by atoms with Gasteiger partial charge in [0.2, 0.25) is 0 Å². The number of benzene rings is 1. The van der Waals surface area contributed by atoms with Gasteiger partial charge in [-0.3, -0.25) is 0 Å². The van der Waals surface area contributed by atoms with Gasteiger partial charge in [-0.15, -0.1) is 11.3 Å². The molecule has 1 saturated heterocycles. The molecule has 2 heterocycles. The predicted octanol–water partition coefficient (Wildman–Crippen LogP) is 4.96. The highest BCUT2D eigenvalue weighted by molar-refractivity contribution is 7.14. The Morgan fingerprint density at radius 3 is 2.70 bits per heavy atom. The minimum Gasteiger partial charge on any atom is -0.363 e. The van der Waals surface area contributed by atoms with E-state index in [4.69, 9.17) is 0 Å². The van der Waals surface area contributed by atoms with Crippen LogP contribution in [0.15, 0.2) is 47.8 Å². The van der Waals surface area contributed by atoms with Gasteiger partial charge in [0.05, 0.1) is 5.00 Å². The largest absolute Gasteiger partial charge is 0.363 e. The molecule has 1 N–H and O–H groups in total. The average Bonchev–Trinajstić information content (AvgIpc) is 3.03. The molecule has 1 aliphatic rings. The molecule has 3 rings (SSSR count). The van der Waals surface area contributed by atoms with Gasteiger partial charge in [0.25, 0.3) is 0 Å². The van der Waals surface area contributed by atoms with Crippen LogP contribution in [0.4, 0.5) is 10.7 Å². The summed E-state index contributed by atoms with van der Waals surface area (Å²) in [5.74, 6) is 0. The number of para-hydroxylation sites is 1. The second-order valence-electron chi connectivity index (χ2n) is 5.44. The van der Waals surface area contributed by atoms with Gasteiger partial charge >= 0.3 is 0 Å². The lowest BCUT2D eigenvalue weighted by Gasteiger charge is -2.48. The number of anilines is 2. The van der Waals surface area contributed by atoms with Gasteiger partial charge in [-0.1, -0.05) is 25.1 Å². The molecule has 2 aromatic rings. The molecule has 1 atom stereocenters. The van der Waals surface area contributed by atoms with Crippen LogP contribution in [-0.4, -0.2) is 12.2 Å². The molecule has 3 heteroatoms. The van der Waals surface area contributed by atoms with Crippen LogP contribution in [0.25, 0.3) is 0 Å². The van der Waals surface area contributed by atoms with Crippen molar-refractivity contribution in [1.82, 2.24) is 0 Å². The predicted molar refractivity (Wildman–Crippen MR) is 88.6 cm³/mol. The fraction of sp³-hybridized carbons (Fsp3) is 0.412. The van der Waals surface area contributed by atoms with Crippen molar-refractivity contribution in [2.75, 3.05) is 16.8 Å². The van der Waals surface area contributed by atoms with E-state index in [1.54, 1.807) is 0 Å². The Labute approximate surface area is 125 Å². The van der Waals surface area contributed by atoms with Gasteiger partial charge in [0.1, 0.15) is 5.66 Å². The fourth-order valence-corrected chi connectivity index (χ4v) is 4.00. The fourth-order valence-electron chi connectivity index (χ4n) is 3.16. The Hall–Kier alpha value is -1.48. The molecular formula is C17H22N2S. The van der Waals surface area contributed by atoms with Crippen LogP contribution in [0, 0.1) is 0 Å². The molecule has 0 aliphatic carbocycles. The maximum Gasteiger partial charge on any atom is 0.111 e. The van der Waals surface area contributed by atoms with Gasteiger partial charge in [-0.25, -0.2) is 0 Å². The lowest BCUT2D eigenvalue weighted by atomic mass is 9.92. The van der Waals surface area contributed by atoms with E-state index in [0.717, 1.165) is 13.0 Å². The van der Waals surface area contributed by atoms with Crippen LogP contribution in [0.1, 0.15) is 32.6 Å². The lowest BCUT2D eigenvalue weighted by Crippen LogP contribution is -2.57. The van der Waals surface area contributed by atoms with Crippen molar-refractivity contribution < 1.29 is 0 Å². The number of hydrogen-bond acceptors (Lipinski definition) is 3. The molecule has 1 fully saturated rings. The summed E-state index contributed by atoms with van der Waals surface area (Å²) in [6.45, 7) is 3.44. The minimum atomic E-state index is 0.0600. The molecule has 1 aromatic carbocycles. The first kappa shape index (κ1) is 13.5. The van der Waals surface area contributed by atoms with Crippen LogP contribution < -0.4 is 10.2 Å². The highest BCUT2D eigenvalue weighted by atomic mass is 32.1. The van der Waals surface area contributed by atoms with Crippen LogP contribution in [0.3, 0.4) is 0 Å². The Kier molecular flexibility index (Phi) is 3.97. The van der Waals surface area contributed by atoms with Crippen LogP contribution >= 0.6 is 11.3 Å². The van der Waals surface area contributed by atoms with Crippen molar-refractivity contribution in [2.24, 2.45) is 0 Å². The summed E-state index contributed by atoms with van der Waals surface area (Å²) in [5, 5.41) is 7.37. The van der Waals surface area contributed by atoms with Crippen molar-refractivity contribution in [3.05, 3.63) is 47.8 Å². The molecule has 1 aromatic heterocycles. The minimum absolute atomic E-state index is 0.0600. The van der Waals surface area contributed by atoms with E-state index in [2.05, 4.69) is 65.0 Å². The van der Waals surface area contributed by atoms with Gasteiger partial charge in [-0.05, 0) is 55.3 Å². The van der Waals surface area contributed by atoms with E-state index < -0.39 is 0 Å². The summed E-state index contributed by atoms with van der Waals surface area (Å²) in [6, 6.07) is 15.0. The van der Waals surface area contributed by atoms with Crippen molar-refractivity contribution in [2.45, 2.75) is 38.3 Å². The maximum absolute atomic E-state index is 3.82. The summed E-state index contributed by atoms with van der Waals surface area (Å²) in [7, 11) is 0. The third-order valence-electron chi connectivity index (χ3n) is 4.25. The molecule has 0 bridgehead atoms. The topological polar surface area (TPSA) is 15.3 Å². The first-order valence-corrected chi connectivity index (χ1v) is 8.36. The number of piperidine rings is 1. The Bertz CT molecular complexity index is 523. The van der Waals surface area contributed by atoms with Gasteiger partial charge in [0, 0.05) is 12.2 Å². The van der Waals surface area contributed by atoms with Crippen molar-refractivity contribution in [3.63, 3.8) is 0 Å². The molecule has 1 unspecified atom stereocenters. The zero-order valence-electron chi connectivity index (χ0n) is 12.0. The second-order valence-corrected chi connectivity index (χ2v) is 6.36. The summed E-state index contributed by atoms with van der Waals surface area (Å²) in [4.78, 5) is 2.58. The zero-order valence-corrected chi connectivity index (χ0v) is 12.8. The van der Waals surface area contributed by atoms with Gasteiger partial charge in [0.15, 0.2) is 0 Å². The molecule has 20 heavy (non-hydrogen) atoms. The van der Waals surface area contributed by atoms with E-state index >= 15 is 0 Å². The molecule has 106 valence electrons. The Morgan fingerprint density at radius 2 is 2.00 bits per heavy atom. The Morgan fingerprint density at radius 1 is 1.15 bits per heavy atom. The molecule has 0 spiro atoms. The molecule has 2 nitrogen and oxygen atoms in total. The summed E-state index contributed by atoms with van der Waals surface area (Å²) in [6.07, 6.45) is 4.90. The lowest BCUT2D eigenvalue weighted by molar-refractivity contribution is 0.337. The number of nitrogens with one attached hydrogen (secondary N) is 1. The van der Waals surface area contributed by atoms with E-state index in [1.165, 1.54) is 30.0 Å². The SMILES string of the molecule is CCC1(Nc2ccccc2)CCCCN1c1cccs1. The highest BCUT2D eigenvalue weighted by Crippen LogP contribution is 2.38. The van der Waals surface area contributed by atoms with Crippen LogP contribution in [-0.2, 0) is 0 Å². The molecule has 0 saturated carbocycles. The third-order valence-corrected chi connectivity index (χ3v) is 5.14. The Balaban J connectivity index is 1.91. The standard InChI is InChI=1S/C17H22N2S/c1-2-17(18-15-9-4-3-5-10-15)12-6-7-13-19(17)16-11-8-14-20-16/h3-5,8-11,14,18H,2,6-7,12-13H2,1H3. The molecule has 0 radical (unpaired) electrons. The van der Waals surface area contributed by atoms with Crippen LogP contribution in [0.2, 0.25) is 0 Å². The number of thiophene rings is 1. The number of rotatable bonds is 4. The van der Waals surface area contributed by atoms with Gasteiger partial charge < -0.3 is 10.2 Å². The second kappa shape index (κ2) is 5.88. The molecule has 0 amide bonds. The third kappa shape index (κ3) is 2.55. The van der Waals surface area contributed by atoms with Crippen molar-refractivity contribution >= 4 is 22.0 Å². The van der Waals surface area contributed by atoms with E-state index in [-0.39, 0.29) is 5.66 Å². The van der Waals surface area contributed by atoms with Crippen molar-refractivity contribution in [1.29, 1.82) is 0 Å². The molecular weight excluding hydrogens is 264 g/mol. The first-order valence-electron chi connectivity index (χ1n) is 7.48. The number of hydrogen-bond donors (Lipinski definition) is 1. The summed E-state index contributed by atoms with van der Waals surface area (Å²) < 4.78 is 0. The summed E-state index contributed by atoms with van der Waals surface area (Å²) in [5.41, 5.74) is 1.28.